The summed E-state index contributed by atoms with van der Waals surface area (Å²) in [5.74, 6) is 0.201. The highest BCUT2D eigenvalue weighted by Gasteiger charge is 2.09. The summed E-state index contributed by atoms with van der Waals surface area (Å²) >= 11 is 6.67. The second kappa shape index (κ2) is 9.59. The van der Waals surface area contributed by atoms with Crippen LogP contribution in [0.25, 0.3) is 0 Å². The molecule has 0 saturated carbocycles. The Morgan fingerprint density at radius 2 is 1.50 bits per heavy atom. The van der Waals surface area contributed by atoms with Crippen molar-refractivity contribution in [1.29, 1.82) is 0 Å². The summed E-state index contributed by atoms with van der Waals surface area (Å²) in [6.45, 7) is 3.39. The summed E-state index contributed by atoms with van der Waals surface area (Å²) in [5.41, 5.74) is 6.53. The fourth-order valence-corrected chi connectivity index (χ4v) is 3.11. The predicted octanol–water partition coefficient (Wildman–Crippen LogP) is 3.43. The number of rotatable bonds is 6. The van der Waals surface area contributed by atoms with Gasteiger partial charge in [-0.3, -0.25) is 20.4 Å². The van der Waals surface area contributed by atoms with E-state index in [0.717, 1.165) is 15.6 Å². The molecule has 2 aromatic carbocycles. The van der Waals surface area contributed by atoms with Crippen molar-refractivity contribution in [3.05, 3.63) is 56.5 Å². The molecule has 0 aliphatic carbocycles. The number of hydrazine groups is 1. The van der Waals surface area contributed by atoms with Gasteiger partial charge in [0.2, 0.25) is 0 Å². The molecule has 0 bridgehead atoms. The minimum atomic E-state index is -0.486. The highest BCUT2D eigenvalue weighted by atomic mass is 79.9. The highest BCUT2D eigenvalue weighted by Crippen LogP contribution is 2.28. The third-order valence-corrected chi connectivity index (χ3v) is 4.41. The standard InChI is InChI=1S/C18H18Br2N2O4/c1-11-3-4-12(2)16(7-11)26-10-18(24)22-21-17(23)9-25-15-6-5-13(19)8-14(15)20/h3-8H,9-10H2,1-2H3,(H,21,23)(H,22,24). The molecular weight excluding hydrogens is 468 g/mol. The maximum atomic E-state index is 11.8. The third-order valence-electron chi connectivity index (χ3n) is 3.30. The quantitative estimate of drug-likeness (QED) is 0.614. The van der Waals surface area contributed by atoms with Gasteiger partial charge in [-0.2, -0.15) is 0 Å². The van der Waals surface area contributed by atoms with Crippen molar-refractivity contribution >= 4 is 43.7 Å². The molecule has 0 atom stereocenters. The molecule has 6 nitrogen and oxygen atoms in total. The summed E-state index contributed by atoms with van der Waals surface area (Å²) in [7, 11) is 0. The second-order valence-corrected chi connectivity index (χ2v) is 7.29. The second-order valence-electron chi connectivity index (χ2n) is 5.52. The largest absolute Gasteiger partial charge is 0.483 e. The molecule has 0 heterocycles. The summed E-state index contributed by atoms with van der Waals surface area (Å²) in [6, 6.07) is 11.1. The van der Waals surface area contributed by atoms with Gasteiger partial charge in [-0.1, -0.05) is 28.1 Å². The van der Waals surface area contributed by atoms with E-state index in [9.17, 15) is 9.59 Å². The molecule has 0 radical (unpaired) electrons. The average Bonchev–Trinajstić information content (AvgIpc) is 2.60. The number of benzene rings is 2. The van der Waals surface area contributed by atoms with E-state index in [0.29, 0.717) is 16.0 Å². The summed E-state index contributed by atoms with van der Waals surface area (Å²) in [6.07, 6.45) is 0. The number of carbonyl (C=O) groups excluding carboxylic acids is 2. The minimum absolute atomic E-state index is 0.205. The average molecular weight is 486 g/mol. The lowest BCUT2D eigenvalue weighted by Gasteiger charge is -2.12. The first kappa shape index (κ1) is 20.3. The van der Waals surface area contributed by atoms with Crippen LogP contribution < -0.4 is 20.3 Å². The van der Waals surface area contributed by atoms with Crippen LogP contribution in [0, 0.1) is 13.8 Å². The maximum absolute atomic E-state index is 11.8. The van der Waals surface area contributed by atoms with Crippen LogP contribution in [0.5, 0.6) is 11.5 Å². The third kappa shape index (κ3) is 6.34. The van der Waals surface area contributed by atoms with Crippen molar-refractivity contribution in [2.24, 2.45) is 0 Å². The van der Waals surface area contributed by atoms with Gasteiger partial charge in [-0.15, -0.1) is 0 Å². The molecule has 0 spiro atoms. The molecule has 2 aromatic rings. The van der Waals surface area contributed by atoms with E-state index in [1.165, 1.54) is 0 Å². The lowest BCUT2D eigenvalue weighted by molar-refractivity contribution is -0.131. The molecule has 8 heteroatoms. The molecule has 2 amide bonds. The van der Waals surface area contributed by atoms with Crippen LogP contribution in [0.2, 0.25) is 0 Å². The maximum Gasteiger partial charge on any atom is 0.276 e. The Morgan fingerprint density at radius 3 is 2.12 bits per heavy atom. The Morgan fingerprint density at radius 1 is 0.885 bits per heavy atom. The molecule has 2 rings (SSSR count). The van der Waals surface area contributed by atoms with Crippen LogP contribution in [-0.4, -0.2) is 25.0 Å². The first-order valence-corrected chi connectivity index (χ1v) is 9.29. The van der Waals surface area contributed by atoms with Crippen LogP contribution in [0.4, 0.5) is 0 Å². The van der Waals surface area contributed by atoms with Crippen molar-refractivity contribution in [2.45, 2.75) is 13.8 Å². The Labute approximate surface area is 168 Å². The van der Waals surface area contributed by atoms with Crippen molar-refractivity contribution in [3.63, 3.8) is 0 Å². The Kier molecular flexibility index (Phi) is 7.47. The van der Waals surface area contributed by atoms with Gasteiger partial charge in [0, 0.05) is 4.47 Å². The molecule has 2 N–H and O–H groups in total. The summed E-state index contributed by atoms with van der Waals surface area (Å²) in [5, 5.41) is 0. The fourth-order valence-electron chi connectivity index (χ4n) is 1.95. The van der Waals surface area contributed by atoms with E-state index in [1.54, 1.807) is 18.2 Å². The number of carbonyl (C=O) groups is 2. The van der Waals surface area contributed by atoms with Gasteiger partial charge in [0.1, 0.15) is 11.5 Å². The van der Waals surface area contributed by atoms with Crippen LogP contribution in [0.3, 0.4) is 0 Å². The number of nitrogens with one attached hydrogen (secondary N) is 2. The molecule has 0 aliphatic rings. The number of hydrogen-bond donors (Lipinski definition) is 2. The summed E-state index contributed by atoms with van der Waals surface area (Å²) < 4.78 is 12.4. The molecule has 0 aliphatic heterocycles. The molecular formula is C18H18Br2N2O4. The van der Waals surface area contributed by atoms with Crippen molar-refractivity contribution in [1.82, 2.24) is 10.9 Å². The van der Waals surface area contributed by atoms with E-state index in [1.807, 2.05) is 32.0 Å². The molecule has 0 saturated heterocycles. The highest BCUT2D eigenvalue weighted by molar-refractivity contribution is 9.11. The smallest absolute Gasteiger partial charge is 0.276 e. The van der Waals surface area contributed by atoms with Crippen molar-refractivity contribution < 1.29 is 19.1 Å². The topological polar surface area (TPSA) is 76.7 Å². The van der Waals surface area contributed by atoms with Gasteiger partial charge in [0.05, 0.1) is 4.47 Å². The SMILES string of the molecule is Cc1ccc(C)c(OCC(=O)NNC(=O)COc2ccc(Br)cc2Br)c1. The minimum Gasteiger partial charge on any atom is -0.483 e. The van der Waals surface area contributed by atoms with Gasteiger partial charge in [-0.05, 0) is 65.2 Å². The lowest BCUT2D eigenvalue weighted by Crippen LogP contribution is -2.45. The van der Waals surface area contributed by atoms with E-state index in [2.05, 4.69) is 42.7 Å². The number of ether oxygens (including phenoxy) is 2. The zero-order valence-corrected chi connectivity index (χ0v) is 17.4. The van der Waals surface area contributed by atoms with Gasteiger partial charge < -0.3 is 9.47 Å². The molecule has 138 valence electrons. The summed E-state index contributed by atoms with van der Waals surface area (Å²) in [4.78, 5) is 23.5. The predicted molar refractivity (Wildman–Crippen MR) is 105 cm³/mol. The first-order valence-electron chi connectivity index (χ1n) is 7.70. The van der Waals surface area contributed by atoms with Gasteiger partial charge in [0.15, 0.2) is 13.2 Å². The Balaban J connectivity index is 1.73. The number of aryl methyl sites for hydroxylation is 2. The normalized spacial score (nSPS) is 10.2. The van der Waals surface area contributed by atoms with Crippen LogP contribution in [0.15, 0.2) is 45.3 Å². The molecule has 0 fully saturated rings. The first-order chi connectivity index (χ1) is 12.3. The van der Waals surface area contributed by atoms with Crippen molar-refractivity contribution in [3.8, 4) is 11.5 Å². The van der Waals surface area contributed by atoms with Gasteiger partial charge >= 0.3 is 0 Å². The van der Waals surface area contributed by atoms with E-state index < -0.39 is 11.8 Å². The fraction of sp³-hybridized carbons (Fsp3) is 0.222. The Bertz CT molecular complexity index is 812. The van der Waals surface area contributed by atoms with Crippen molar-refractivity contribution in [2.75, 3.05) is 13.2 Å². The van der Waals surface area contributed by atoms with Crippen LogP contribution >= 0.6 is 31.9 Å². The molecule has 0 aromatic heterocycles. The van der Waals surface area contributed by atoms with E-state index in [4.69, 9.17) is 9.47 Å². The van der Waals surface area contributed by atoms with E-state index >= 15 is 0 Å². The van der Waals surface area contributed by atoms with Crippen LogP contribution in [0.1, 0.15) is 11.1 Å². The van der Waals surface area contributed by atoms with Gasteiger partial charge in [0.25, 0.3) is 11.8 Å². The number of amides is 2. The monoisotopic (exact) mass is 484 g/mol. The molecule has 26 heavy (non-hydrogen) atoms. The lowest BCUT2D eigenvalue weighted by atomic mass is 10.1. The number of halogens is 2. The zero-order chi connectivity index (χ0) is 19.1. The van der Waals surface area contributed by atoms with Gasteiger partial charge in [-0.25, -0.2) is 0 Å². The Hall–Kier alpha value is -2.06. The molecule has 0 unspecified atom stereocenters. The zero-order valence-electron chi connectivity index (χ0n) is 14.3. The van der Waals surface area contributed by atoms with E-state index in [-0.39, 0.29) is 13.2 Å². The van der Waals surface area contributed by atoms with Crippen LogP contribution in [-0.2, 0) is 9.59 Å². The number of hydrogen-bond acceptors (Lipinski definition) is 4.